The van der Waals surface area contributed by atoms with Gasteiger partial charge in [-0.1, -0.05) is 31.4 Å². The molecule has 186 valence electrons. The number of benzene rings is 2. The van der Waals surface area contributed by atoms with Crippen molar-refractivity contribution in [2.24, 2.45) is 5.92 Å². The summed E-state index contributed by atoms with van der Waals surface area (Å²) in [5.74, 6) is -0.830. The molecule has 2 heterocycles. The number of aromatic nitrogens is 3. The minimum absolute atomic E-state index is 0.220. The predicted octanol–water partition coefficient (Wildman–Crippen LogP) is 6.32. The topological polar surface area (TPSA) is 66.2 Å². The molecule has 4 aromatic rings. The average molecular weight is 492 g/mol. The van der Waals surface area contributed by atoms with E-state index >= 15 is 0 Å². The van der Waals surface area contributed by atoms with Gasteiger partial charge in [0.25, 0.3) is 0 Å². The Bertz CT molecular complexity index is 1380. The molecule has 2 aromatic heterocycles. The number of rotatable bonds is 7. The van der Waals surface area contributed by atoms with Crippen molar-refractivity contribution in [3.63, 3.8) is 0 Å². The number of pyridine rings is 1. The van der Waals surface area contributed by atoms with Crippen LogP contribution in [0.2, 0.25) is 0 Å². The van der Waals surface area contributed by atoms with E-state index in [1.54, 1.807) is 36.5 Å². The second kappa shape index (κ2) is 10.4. The van der Waals surface area contributed by atoms with E-state index in [1.165, 1.54) is 32.4 Å². The highest BCUT2D eigenvalue weighted by Gasteiger charge is 2.22. The molecule has 2 aromatic carbocycles. The molecule has 0 N–H and O–H groups in total. The smallest absolute Gasteiger partial charge is 0.337 e. The van der Waals surface area contributed by atoms with Crippen LogP contribution in [0, 0.1) is 17.6 Å². The molecule has 0 spiro atoms. The minimum Gasteiger partial charge on any atom is -0.472 e. The van der Waals surface area contributed by atoms with Gasteiger partial charge in [0, 0.05) is 24.9 Å². The summed E-state index contributed by atoms with van der Waals surface area (Å²) in [4.78, 5) is 20.8. The number of imidazole rings is 1. The zero-order chi connectivity index (χ0) is 25.1. The zero-order valence-corrected chi connectivity index (χ0v) is 20.0. The molecule has 0 aliphatic heterocycles. The van der Waals surface area contributed by atoms with Gasteiger partial charge in [-0.05, 0) is 48.6 Å². The highest BCUT2D eigenvalue weighted by Crippen LogP contribution is 2.34. The predicted molar refractivity (Wildman–Crippen MR) is 132 cm³/mol. The number of halogens is 2. The zero-order valence-electron chi connectivity index (χ0n) is 20.0. The Hall–Kier alpha value is -3.81. The first-order chi connectivity index (χ1) is 17.5. The number of ether oxygens (including phenoxy) is 2. The Morgan fingerprint density at radius 2 is 1.81 bits per heavy atom. The van der Waals surface area contributed by atoms with E-state index in [-0.39, 0.29) is 6.61 Å². The van der Waals surface area contributed by atoms with E-state index in [1.807, 2.05) is 10.6 Å². The molecule has 8 heteroatoms. The van der Waals surface area contributed by atoms with Gasteiger partial charge in [0.1, 0.15) is 12.4 Å². The Morgan fingerprint density at radius 3 is 2.56 bits per heavy atom. The first kappa shape index (κ1) is 23.9. The largest absolute Gasteiger partial charge is 0.472 e. The van der Waals surface area contributed by atoms with Crippen LogP contribution in [0.1, 0.15) is 48.0 Å². The van der Waals surface area contributed by atoms with Crippen LogP contribution < -0.4 is 4.74 Å². The van der Waals surface area contributed by atoms with Crippen LogP contribution >= 0.6 is 0 Å². The molecule has 0 amide bonds. The number of methoxy groups -OCH3 is 1. The quantitative estimate of drug-likeness (QED) is 0.283. The summed E-state index contributed by atoms with van der Waals surface area (Å²) in [6.45, 7) is 0.887. The number of nitrogens with zero attached hydrogens (tertiary/aromatic N) is 3. The summed E-state index contributed by atoms with van der Waals surface area (Å²) in [7, 11) is 1.34. The molecule has 1 fully saturated rings. The molecule has 0 saturated heterocycles. The SMILES string of the molecule is COC(=O)c1ccc(COc2ncccc2-c2nc3cc(F)c(F)cc3n2CC2CCCCC2)cc1. The maximum Gasteiger partial charge on any atom is 0.337 e. The Balaban J connectivity index is 1.48. The Morgan fingerprint density at radius 1 is 1.06 bits per heavy atom. The number of hydrogen-bond donors (Lipinski definition) is 0. The molecule has 0 bridgehead atoms. The van der Waals surface area contributed by atoms with E-state index in [0.717, 1.165) is 24.5 Å². The second-order valence-electron chi connectivity index (χ2n) is 9.14. The summed E-state index contributed by atoms with van der Waals surface area (Å²) in [5, 5.41) is 0. The maximum atomic E-state index is 14.2. The highest BCUT2D eigenvalue weighted by atomic mass is 19.2. The van der Waals surface area contributed by atoms with Gasteiger partial charge in [-0.3, -0.25) is 0 Å². The summed E-state index contributed by atoms with van der Waals surface area (Å²) < 4.78 is 41.1. The van der Waals surface area contributed by atoms with Crippen molar-refractivity contribution >= 4 is 17.0 Å². The normalized spacial score (nSPS) is 14.2. The fourth-order valence-corrected chi connectivity index (χ4v) is 4.82. The van der Waals surface area contributed by atoms with Crippen molar-refractivity contribution in [1.82, 2.24) is 14.5 Å². The standard InChI is InChI=1S/C28H27F2N3O3/c1-35-28(34)20-11-9-19(10-12-20)17-36-27-21(8-5-13-31-27)26-32-24-14-22(29)23(30)15-25(24)33(26)16-18-6-3-2-4-7-18/h5,8-15,18H,2-4,6-7,16-17H2,1H3. The molecule has 1 aliphatic rings. The third kappa shape index (κ3) is 4.94. The second-order valence-corrected chi connectivity index (χ2v) is 9.14. The number of fused-ring (bicyclic) bond motifs is 1. The van der Waals surface area contributed by atoms with Gasteiger partial charge in [0.2, 0.25) is 5.88 Å². The van der Waals surface area contributed by atoms with Gasteiger partial charge in [-0.25, -0.2) is 23.5 Å². The highest BCUT2D eigenvalue weighted by molar-refractivity contribution is 5.89. The van der Waals surface area contributed by atoms with Gasteiger partial charge in [-0.15, -0.1) is 0 Å². The number of esters is 1. The first-order valence-corrected chi connectivity index (χ1v) is 12.1. The van der Waals surface area contributed by atoms with Crippen LogP contribution in [-0.4, -0.2) is 27.6 Å². The Kier molecular flexibility index (Phi) is 6.93. The molecular formula is C28H27F2N3O3. The van der Waals surface area contributed by atoms with E-state index < -0.39 is 17.6 Å². The van der Waals surface area contributed by atoms with Gasteiger partial charge in [0.05, 0.1) is 29.3 Å². The lowest BCUT2D eigenvalue weighted by atomic mass is 9.89. The summed E-state index contributed by atoms with van der Waals surface area (Å²) >= 11 is 0. The monoisotopic (exact) mass is 491 g/mol. The van der Waals surface area contributed by atoms with Gasteiger partial charge < -0.3 is 14.0 Å². The van der Waals surface area contributed by atoms with Crippen LogP contribution in [0.15, 0.2) is 54.7 Å². The van der Waals surface area contributed by atoms with Gasteiger partial charge in [-0.2, -0.15) is 0 Å². The molecule has 1 saturated carbocycles. The van der Waals surface area contributed by atoms with Crippen LogP contribution in [0.25, 0.3) is 22.4 Å². The van der Waals surface area contributed by atoms with Crippen LogP contribution in [-0.2, 0) is 17.9 Å². The van der Waals surface area contributed by atoms with E-state index in [9.17, 15) is 13.6 Å². The molecule has 0 unspecified atom stereocenters. The molecule has 6 nitrogen and oxygen atoms in total. The van der Waals surface area contributed by atoms with Gasteiger partial charge in [0.15, 0.2) is 11.6 Å². The lowest BCUT2D eigenvalue weighted by Gasteiger charge is -2.23. The number of carbonyl (C=O) groups is 1. The lowest BCUT2D eigenvalue weighted by molar-refractivity contribution is 0.0600. The lowest BCUT2D eigenvalue weighted by Crippen LogP contribution is -2.15. The van der Waals surface area contributed by atoms with Crippen molar-refractivity contribution in [2.45, 2.75) is 45.3 Å². The van der Waals surface area contributed by atoms with Crippen molar-refractivity contribution in [3.05, 3.63) is 77.5 Å². The van der Waals surface area contributed by atoms with Crippen molar-refractivity contribution < 1.29 is 23.0 Å². The Labute approximate surface area is 207 Å². The third-order valence-electron chi connectivity index (χ3n) is 6.72. The number of hydrogen-bond acceptors (Lipinski definition) is 5. The molecule has 0 atom stereocenters. The summed E-state index contributed by atoms with van der Waals surface area (Å²) in [5.41, 5.74) is 2.90. The van der Waals surface area contributed by atoms with Crippen LogP contribution in [0.3, 0.4) is 0 Å². The summed E-state index contributed by atoms with van der Waals surface area (Å²) in [6, 6.07) is 13.0. The molecule has 0 radical (unpaired) electrons. The fourth-order valence-electron chi connectivity index (χ4n) is 4.82. The third-order valence-corrected chi connectivity index (χ3v) is 6.72. The maximum absolute atomic E-state index is 14.2. The molecule has 1 aliphatic carbocycles. The van der Waals surface area contributed by atoms with E-state index in [2.05, 4.69) is 4.98 Å². The minimum atomic E-state index is -0.922. The van der Waals surface area contributed by atoms with E-state index in [4.69, 9.17) is 14.5 Å². The summed E-state index contributed by atoms with van der Waals surface area (Å²) in [6.07, 6.45) is 7.40. The average Bonchev–Trinajstić information content (AvgIpc) is 3.24. The van der Waals surface area contributed by atoms with Crippen molar-refractivity contribution in [1.29, 1.82) is 0 Å². The van der Waals surface area contributed by atoms with Crippen LogP contribution in [0.4, 0.5) is 8.78 Å². The molecule has 5 rings (SSSR count). The van der Waals surface area contributed by atoms with E-state index in [0.29, 0.717) is 46.3 Å². The fraction of sp³-hybridized carbons (Fsp3) is 0.321. The number of carbonyl (C=O) groups excluding carboxylic acids is 1. The van der Waals surface area contributed by atoms with Crippen LogP contribution in [0.5, 0.6) is 5.88 Å². The molecular weight excluding hydrogens is 464 g/mol. The van der Waals surface area contributed by atoms with Crippen molar-refractivity contribution in [2.75, 3.05) is 7.11 Å². The van der Waals surface area contributed by atoms with Gasteiger partial charge >= 0.3 is 5.97 Å². The van der Waals surface area contributed by atoms with Crippen molar-refractivity contribution in [3.8, 4) is 17.3 Å². The molecule has 36 heavy (non-hydrogen) atoms. The first-order valence-electron chi connectivity index (χ1n) is 12.1.